The van der Waals surface area contributed by atoms with Gasteiger partial charge in [-0.2, -0.15) is 0 Å². The first-order valence-corrected chi connectivity index (χ1v) is 8.50. The topological polar surface area (TPSA) is 46.6 Å². The van der Waals surface area contributed by atoms with Gasteiger partial charge in [0.1, 0.15) is 5.75 Å². The largest absolute Gasteiger partial charge is 0.491 e. The van der Waals surface area contributed by atoms with Crippen molar-refractivity contribution in [1.29, 1.82) is 0 Å². The van der Waals surface area contributed by atoms with Gasteiger partial charge in [-0.05, 0) is 43.2 Å². The van der Waals surface area contributed by atoms with Crippen molar-refractivity contribution in [3.05, 3.63) is 36.4 Å². The standard InChI is InChI=1S/C19H21NO3/c1-2-11-23-15-6-4-3-5-14(15)20-18(21)16-12-7-8-13(10-9-12)17(16)19(20)22/h3-8,12-13,16-17H,2,9-11H2,1H3/t12-,13-,16-,17+/m1/s1. The molecule has 120 valence electrons. The van der Waals surface area contributed by atoms with Gasteiger partial charge in [-0.25, -0.2) is 4.90 Å². The molecule has 1 saturated heterocycles. The molecule has 1 aromatic rings. The van der Waals surface area contributed by atoms with Gasteiger partial charge in [-0.3, -0.25) is 9.59 Å². The van der Waals surface area contributed by atoms with Crippen LogP contribution in [0.4, 0.5) is 5.69 Å². The molecule has 0 N–H and O–H groups in total. The Bertz CT molecular complexity index is 649. The number of anilines is 1. The normalized spacial score (nSPS) is 31.6. The second-order valence-corrected chi connectivity index (χ2v) is 6.67. The number of imide groups is 1. The first-order chi connectivity index (χ1) is 11.2. The van der Waals surface area contributed by atoms with Crippen LogP contribution in [-0.4, -0.2) is 18.4 Å². The third-order valence-corrected chi connectivity index (χ3v) is 5.33. The summed E-state index contributed by atoms with van der Waals surface area (Å²) in [5.41, 5.74) is 0.602. The summed E-state index contributed by atoms with van der Waals surface area (Å²) in [6, 6.07) is 7.37. The fourth-order valence-electron chi connectivity index (χ4n) is 4.29. The van der Waals surface area contributed by atoms with Crippen LogP contribution >= 0.6 is 0 Å². The van der Waals surface area contributed by atoms with Crippen molar-refractivity contribution in [2.75, 3.05) is 11.5 Å². The molecule has 1 saturated carbocycles. The number of rotatable bonds is 4. The maximum atomic E-state index is 13.0. The van der Waals surface area contributed by atoms with Crippen molar-refractivity contribution in [3.8, 4) is 5.75 Å². The van der Waals surface area contributed by atoms with Gasteiger partial charge in [0, 0.05) is 0 Å². The molecule has 23 heavy (non-hydrogen) atoms. The average molecular weight is 311 g/mol. The number of allylic oxidation sites excluding steroid dienone is 2. The van der Waals surface area contributed by atoms with Crippen molar-refractivity contribution < 1.29 is 14.3 Å². The summed E-state index contributed by atoms with van der Waals surface area (Å²) in [7, 11) is 0. The molecule has 2 amide bonds. The summed E-state index contributed by atoms with van der Waals surface area (Å²) in [6.07, 6.45) is 7.20. The highest BCUT2D eigenvalue weighted by molar-refractivity contribution is 6.23. The Morgan fingerprint density at radius 3 is 2.22 bits per heavy atom. The van der Waals surface area contributed by atoms with Crippen LogP contribution in [0.5, 0.6) is 5.75 Å². The Hall–Kier alpha value is -2.10. The van der Waals surface area contributed by atoms with E-state index in [-0.39, 0.29) is 35.5 Å². The minimum atomic E-state index is -0.175. The van der Waals surface area contributed by atoms with Crippen LogP contribution in [0.15, 0.2) is 36.4 Å². The molecular weight excluding hydrogens is 290 g/mol. The lowest BCUT2D eigenvalue weighted by Crippen LogP contribution is -2.38. The lowest BCUT2D eigenvalue weighted by atomic mass is 9.63. The number of hydrogen-bond donors (Lipinski definition) is 0. The molecule has 1 aromatic carbocycles. The maximum absolute atomic E-state index is 13.0. The number of carbonyl (C=O) groups excluding carboxylic acids is 2. The highest BCUT2D eigenvalue weighted by Gasteiger charge is 2.57. The Labute approximate surface area is 136 Å². The first-order valence-electron chi connectivity index (χ1n) is 8.50. The molecule has 0 radical (unpaired) electrons. The summed E-state index contributed by atoms with van der Waals surface area (Å²) >= 11 is 0. The summed E-state index contributed by atoms with van der Waals surface area (Å²) in [5, 5.41) is 0. The smallest absolute Gasteiger partial charge is 0.238 e. The summed E-state index contributed by atoms with van der Waals surface area (Å²) < 4.78 is 5.76. The molecule has 5 rings (SSSR count). The fourth-order valence-corrected chi connectivity index (χ4v) is 4.29. The van der Waals surface area contributed by atoms with Crippen molar-refractivity contribution in [2.45, 2.75) is 26.2 Å². The molecular formula is C19H21NO3. The zero-order chi connectivity index (χ0) is 16.0. The molecule has 4 nitrogen and oxygen atoms in total. The number of nitrogens with zero attached hydrogens (tertiary/aromatic N) is 1. The van der Waals surface area contributed by atoms with E-state index in [1.54, 1.807) is 0 Å². The molecule has 2 bridgehead atoms. The Kier molecular flexibility index (Phi) is 3.47. The van der Waals surface area contributed by atoms with Crippen LogP contribution in [0.2, 0.25) is 0 Å². The molecule has 0 spiro atoms. The molecule has 4 aliphatic rings. The zero-order valence-electron chi connectivity index (χ0n) is 13.3. The monoisotopic (exact) mass is 311 g/mol. The molecule has 4 atom stereocenters. The van der Waals surface area contributed by atoms with Crippen LogP contribution in [0, 0.1) is 23.7 Å². The highest BCUT2D eigenvalue weighted by atomic mass is 16.5. The molecule has 2 fully saturated rings. The van der Waals surface area contributed by atoms with Crippen LogP contribution in [0.1, 0.15) is 26.2 Å². The molecule has 1 aliphatic heterocycles. The Balaban J connectivity index is 1.71. The highest BCUT2D eigenvalue weighted by Crippen LogP contribution is 2.51. The Morgan fingerprint density at radius 1 is 1.04 bits per heavy atom. The van der Waals surface area contributed by atoms with E-state index >= 15 is 0 Å². The number of ether oxygens (including phenoxy) is 1. The maximum Gasteiger partial charge on any atom is 0.238 e. The third-order valence-electron chi connectivity index (χ3n) is 5.33. The summed E-state index contributed by atoms with van der Waals surface area (Å²) in [4.78, 5) is 27.4. The van der Waals surface area contributed by atoms with Crippen LogP contribution in [-0.2, 0) is 9.59 Å². The molecule has 3 aliphatic carbocycles. The van der Waals surface area contributed by atoms with E-state index in [1.807, 2.05) is 31.2 Å². The van der Waals surface area contributed by atoms with Crippen molar-refractivity contribution >= 4 is 17.5 Å². The minimum absolute atomic E-state index is 0.0494. The summed E-state index contributed by atoms with van der Waals surface area (Å²) in [6.45, 7) is 2.61. The van der Waals surface area contributed by atoms with Crippen LogP contribution in [0.3, 0.4) is 0 Å². The van der Waals surface area contributed by atoms with Crippen molar-refractivity contribution in [1.82, 2.24) is 0 Å². The number of para-hydroxylation sites is 2. The number of fused-ring (bicyclic) bond motifs is 1. The molecule has 1 heterocycles. The van der Waals surface area contributed by atoms with E-state index in [0.717, 1.165) is 19.3 Å². The van der Waals surface area contributed by atoms with Gasteiger partial charge in [0.15, 0.2) is 0 Å². The third kappa shape index (κ3) is 2.12. The predicted molar refractivity (Wildman–Crippen MR) is 87.1 cm³/mol. The summed E-state index contributed by atoms with van der Waals surface area (Å²) in [5.74, 6) is 0.606. The number of hydrogen-bond acceptors (Lipinski definition) is 3. The van der Waals surface area contributed by atoms with E-state index in [2.05, 4.69) is 12.2 Å². The van der Waals surface area contributed by atoms with Gasteiger partial charge >= 0.3 is 0 Å². The Morgan fingerprint density at radius 2 is 1.65 bits per heavy atom. The van der Waals surface area contributed by atoms with Crippen LogP contribution < -0.4 is 9.64 Å². The van der Waals surface area contributed by atoms with E-state index in [1.165, 1.54) is 4.90 Å². The SMILES string of the molecule is CCCOc1ccccc1N1C(=O)[C@@H]2[C@H](C1=O)[C@@H]1C=C[C@@H]2CC1. The predicted octanol–water partition coefficient (Wildman–Crippen LogP) is 3.18. The van der Waals surface area contributed by atoms with E-state index in [9.17, 15) is 9.59 Å². The van der Waals surface area contributed by atoms with Crippen molar-refractivity contribution in [3.63, 3.8) is 0 Å². The lowest BCUT2D eigenvalue weighted by molar-refractivity contribution is -0.124. The van der Waals surface area contributed by atoms with E-state index < -0.39 is 0 Å². The average Bonchev–Trinajstić information content (AvgIpc) is 2.88. The second kappa shape index (κ2) is 5.52. The zero-order valence-corrected chi connectivity index (χ0v) is 13.3. The first kappa shape index (κ1) is 14.5. The molecule has 0 unspecified atom stereocenters. The van der Waals surface area contributed by atoms with Gasteiger partial charge in [0.25, 0.3) is 0 Å². The van der Waals surface area contributed by atoms with Gasteiger partial charge in [0.2, 0.25) is 11.8 Å². The number of carbonyl (C=O) groups is 2. The quantitative estimate of drug-likeness (QED) is 0.634. The number of amides is 2. The molecule has 0 aromatic heterocycles. The van der Waals surface area contributed by atoms with Crippen molar-refractivity contribution in [2.24, 2.45) is 23.7 Å². The fraction of sp³-hybridized carbons (Fsp3) is 0.474. The second-order valence-electron chi connectivity index (χ2n) is 6.67. The van der Waals surface area contributed by atoms with Gasteiger partial charge in [0.05, 0.1) is 24.1 Å². The lowest BCUT2D eigenvalue weighted by Gasteiger charge is -2.38. The van der Waals surface area contributed by atoms with E-state index in [4.69, 9.17) is 4.74 Å². The van der Waals surface area contributed by atoms with Crippen LogP contribution in [0.25, 0.3) is 0 Å². The van der Waals surface area contributed by atoms with E-state index in [0.29, 0.717) is 18.0 Å². The van der Waals surface area contributed by atoms with Gasteiger partial charge < -0.3 is 4.74 Å². The molecule has 4 heteroatoms. The minimum Gasteiger partial charge on any atom is -0.491 e. The van der Waals surface area contributed by atoms with Gasteiger partial charge in [-0.1, -0.05) is 31.2 Å². The number of benzene rings is 1. The van der Waals surface area contributed by atoms with Gasteiger partial charge in [-0.15, -0.1) is 0 Å².